The summed E-state index contributed by atoms with van der Waals surface area (Å²) in [5.41, 5.74) is 6.91. The van der Waals surface area contributed by atoms with Crippen molar-refractivity contribution in [3.63, 3.8) is 0 Å². The zero-order valence-electron chi connectivity index (χ0n) is 9.89. The fourth-order valence-electron chi connectivity index (χ4n) is 2.34. The summed E-state index contributed by atoms with van der Waals surface area (Å²) in [7, 11) is 0. The van der Waals surface area contributed by atoms with Crippen molar-refractivity contribution in [3.8, 4) is 0 Å². The normalized spacial score (nSPS) is 22.2. The van der Waals surface area contributed by atoms with E-state index in [9.17, 15) is 0 Å². The summed E-state index contributed by atoms with van der Waals surface area (Å²) in [6.45, 7) is 4.74. The van der Waals surface area contributed by atoms with Crippen LogP contribution in [0.4, 0.5) is 0 Å². The second-order valence-electron chi connectivity index (χ2n) is 4.45. The van der Waals surface area contributed by atoms with E-state index in [1.807, 2.05) is 19.2 Å². The van der Waals surface area contributed by atoms with Crippen LogP contribution in [0.5, 0.6) is 0 Å². The molecule has 16 heavy (non-hydrogen) atoms. The first-order chi connectivity index (χ1) is 7.79. The highest BCUT2D eigenvalue weighted by molar-refractivity contribution is 5.02. The zero-order chi connectivity index (χ0) is 11.4. The fourth-order valence-corrected chi connectivity index (χ4v) is 2.34. The molecule has 2 heterocycles. The Kier molecular flexibility index (Phi) is 3.85. The molecule has 2 N–H and O–H groups in total. The van der Waals surface area contributed by atoms with Gasteiger partial charge < -0.3 is 5.73 Å². The van der Waals surface area contributed by atoms with E-state index in [0.717, 1.165) is 31.2 Å². The second kappa shape index (κ2) is 5.37. The van der Waals surface area contributed by atoms with E-state index in [-0.39, 0.29) is 0 Å². The van der Waals surface area contributed by atoms with Crippen LogP contribution in [-0.2, 0) is 6.54 Å². The summed E-state index contributed by atoms with van der Waals surface area (Å²) in [4.78, 5) is 11.0. The lowest BCUT2D eigenvalue weighted by Crippen LogP contribution is -2.43. The second-order valence-corrected chi connectivity index (χ2v) is 4.45. The van der Waals surface area contributed by atoms with Crippen LogP contribution in [-0.4, -0.2) is 34.0 Å². The monoisotopic (exact) mass is 220 g/mol. The summed E-state index contributed by atoms with van der Waals surface area (Å²) in [5.74, 6) is 0.846. The number of nitrogens with zero attached hydrogens (tertiary/aromatic N) is 3. The van der Waals surface area contributed by atoms with Gasteiger partial charge in [0.05, 0.1) is 5.69 Å². The molecule has 1 fully saturated rings. The topological polar surface area (TPSA) is 55.0 Å². The maximum Gasteiger partial charge on any atom is 0.125 e. The SMILES string of the molecule is Cc1nccc(CN2CCCCC2CN)n1. The van der Waals surface area contributed by atoms with Crippen molar-refractivity contribution < 1.29 is 0 Å². The maximum atomic E-state index is 5.80. The standard InChI is InChI=1S/C12H20N4/c1-10-14-6-5-11(15-10)9-16-7-3-2-4-12(16)8-13/h5-6,12H,2-4,7-9,13H2,1H3. The van der Waals surface area contributed by atoms with Crippen LogP contribution in [0.3, 0.4) is 0 Å². The van der Waals surface area contributed by atoms with Crippen molar-refractivity contribution in [2.45, 2.75) is 38.8 Å². The quantitative estimate of drug-likeness (QED) is 0.828. The van der Waals surface area contributed by atoms with Crippen molar-refractivity contribution in [2.75, 3.05) is 13.1 Å². The van der Waals surface area contributed by atoms with Gasteiger partial charge in [-0.1, -0.05) is 6.42 Å². The predicted octanol–water partition coefficient (Wildman–Crippen LogP) is 1.10. The molecular weight excluding hydrogens is 200 g/mol. The van der Waals surface area contributed by atoms with Crippen LogP contribution in [0.25, 0.3) is 0 Å². The van der Waals surface area contributed by atoms with Crippen LogP contribution >= 0.6 is 0 Å². The summed E-state index contributed by atoms with van der Waals surface area (Å²) in [6.07, 6.45) is 5.64. The Morgan fingerprint density at radius 3 is 3.12 bits per heavy atom. The third kappa shape index (κ3) is 2.77. The average molecular weight is 220 g/mol. The Labute approximate surface area is 96.9 Å². The molecule has 4 heteroatoms. The first kappa shape index (κ1) is 11.5. The molecule has 1 unspecified atom stereocenters. The third-order valence-corrected chi connectivity index (χ3v) is 3.22. The minimum absolute atomic E-state index is 0.532. The molecule has 0 bridgehead atoms. The van der Waals surface area contributed by atoms with Crippen LogP contribution in [0.2, 0.25) is 0 Å². The van der Waals surface area contributed by atoms with Gasteiger partial charge >= 0.3 is 0 Å². The Bertz CT molecular complexity index is 340. The molecule has 0 amide bonds. The van der Waals surface area contributed by atoms with Gasteiger partial charge in [0.25, 0.3) is 0 Å². The van der Waals surface area contributed by atoms with Gasteiger partial charge in [0, 0.05) is 25.3 Å². The lowest BCUT2D eigenvalue weighted by atomic mass is 10.0. The van der Waals surface area contributed by atoms with E-state index in [4.69, 9.17) is 5.73 Å². The third-order valence-electron chi connectivity index (χ3n) is 3.22. The molecule has 0 aromatic carbocycles. The molecule has 0 radical (unpaired) electrons. The van der Waals surface area contributed by atoms with Gasteiger partial charge in [-0.3, -0.25) is 4.90 Å². The lowest BCUT2D eigenvalue weighted by molar-refractivity contribution is 0.143. The van der Waals surface area contributed by atoms with Gasteiger partial charge in [-0.2, -0.15) is 0 Å². The highest BCUT2D eigenvalue weighted by Gasteiger charge is 2.21. The first-order valence-corrected chi connectivity index (χ1v) is 6.02. The van der Waals surface area contributed by atoms with Crippen molar-refractivity contribution in [2.24, 2.45) is 5.73 Å². The zero-order valence-corrected chi connectivity index (χ0v) is 9.89. The van der Waals surface area contributed by atoms with E-state index in [1.54, 1.807) is 0 Å². The average Bonchev–Trinajstić information content (AvgIpc) is 2.30. The molecule has 4 nitrogen and oxygen atoms in total. The molecule has 1 atom stereocenters. The Morgan fingerprint density at radius 1 is 1.50 bits per heavy atom. The number of hydrogen-bond acceptors (Lipinski definition) is 4. The number of piperidine rings is 1. The predicted molar refractivity (Wildman–Crippen MR) is 63.9 cm³/mol. The van der Waals surface area contributed by atoms with Gasteiger partial charge in [-0.15, -0.1) is 0 Å². The van der Waals surface area contributed by atoms with Crippen molar-refractivity contribution in [3.05, 3.63) is 23.8 Å². The smallest absolute Gasteiger partial charge is 0.125 e. The van der Waals surface area contributed by atoms with Crippen molar-refractivity contribution >= 4 is 0 Å². The van der Waals surface area contributed by atoms with Crippen LogP contribution in [0, 0.1) is 6.92 Å². The summed E-state index contributed by atoms with van der Waals surface area (Å²) in [6, 6.07) is 2.53. The van der Waals surface area contributed by atoms with Crippen LogP contribution in [0.1, 0.15) is 30.8 Å². The Morgan fingerprint density at radius 2 is 2.38 bits per heavy atom. The molecule has 1 aromatic heterocycles. The fraction of sp³-hybridized carbons (Fsp3) is 0.667. The largest absolute Gasteiger partial charge is 0.329 e. The van der Waals surface area contributed by atoms with E-state index >= 15 is 0 Å². The Balaban J connectivity index is 2.02. The molecule has 88 valence electrons. The van der Waals surface area contributed by atoms with Gasteiger partial charge in [-0.25, -0.2) is 9.97 Å². The maximum absolute atomic E-state index is 5.80. The van der Waals surface area contributed by atoms with Gasteiger partial charge in [0.15, 0.2) is 0 Å². The highest BCUT2D eigenvalue weighted by atomic mass is 15.2. The molecule has 0 aliphatic carbocycles. The van der Waals surface area contributed by atoms with E-state index in [1.165, 1.54) is 19.3 Å². The van der Waals surface area contributed by atoms with Gasteiger partial charge in [0.1, 0.15) is 5.82 Å². The van der Waals surface area contributed by atoms with Gasteiger partial charge in [-0.05, 0) is 32.4 Å². The molecule has 1 aliphatic rings. The van der Waals surface area contributed by atoms with Crippen molar-refractivity contribution in [1.29, 1.82) is 0 Å². The molecule has 1 saturated heterocycles. The van der Waals surface area contributed by atoms with Crippen LogP contribution < -0.4 is 5.73 Å². The molecule has 1 aromatic rings. The summed E-state index contributed by atoms with van der Waals surface area (Å²) >= 11 is 0. The summed E-state index contributed by atoms with van der Waals surface area (Å²) < 4.78 is 0. The molecule has 0 spiro atoms. The highest BCUT2D eigenvalue weighted by Crippen LogP contribution is 2.18. The number of likely N-dealkylation sites (tertiary alicyclic amines) is 1. The van der Waals surface area contributed by atoms with E-state index in [0.29, 0.717) is 6.04 Å². The molecule has 1 aliphatic heterocycles. The summed E-state index contributed by atoms with van der Waals surface area (Å²) in [5, 5.41) is 0. The van der Waals surface area contributed by atoms with Gasteiger partial charge in [0.2, 0.25) is 0 Å². The lowest BCUT2D eigenvalue weighted by Gasteiger charge is -2.34. The molecule has 0 saturated carbocycles. The number of aromatic nitrogens is 2. The number of rotatable bonds is 3. The number of aryl methyl sites for hydroxylation is 1. The van der Waals surface area contributed by atoms with Crippen molar-refractivity contribution in [1.82, 2.24) is 14.9 Å². The Hall–Kier alpha value is -1.00. The molecular formula is C12H20N4. The number of hydrogen-bond donors (Lipinski definition) is 1. The van der Waals surface area contributed by atoms with Crippen LogP contribution in [0.15, 0.2) is 12.3 Å². The number of nitrogens with two attached hydrogens (primary N) is 1. The minimum Gasteiger partial charge on any atom is -0.329 e. The minimum atomic E-state index is 0.532. The van der Waals surface area contributed by atoms with E-state index < -0.39 is 0 Å². The molecule has 2 rings (SSSR count). The first-order valence-electron chi connectivity index (χ1n) is 6.02. The van der Waals surface area contributed by atoms with E-state index in [2.05, 4.69) is 14.9 Å².